The standard InChI is InChI=1S/C17H20F3N3O3S/c1-5-6-13(24)21-15(25-2)11-8-7-10(9-12(11)27(3)4)14-22-16(26-23-14)17(18,19)20/h7-9,15H,3,5-6H2,1-2,4H3,(H,21,24). The number of carbonyl (C=O) groups excluding carboxylic acids is 1. The third kappa shape index (κ3) is 5.16. The molecule has 1 aromatic carbocycles. The minimum absolute atomic E-state index is 0.160. The molecule has 1 amide bonds. The Balaban J connectivity index is 2.40. The molecule has 0 aliphatic heterocycles. The molecule has 0 bridgehead atoms. The van der Waals surface area contributed by atoms with E-state index in [1.165, 1.54) is 7.11 Å². The van der Waals surface area contributed by atoms with Gasteiger partial charge < -0.3 is 14.6 Å². The summed E-state index contributed by atoms with van der Waals surface area (Å²) in [5.74, 6) is 2.25. The number of halogens is 3. The van der Waals surface area contributed by atoms with Crippen LogP contribution in [0.5, 0.6) is 0 Å². The summed E-state index contributed by atoms with van der Waals surface area (Å²) >= 11 is 0. The molecular formula is C17H20F3N3O3S. The summed E-state index contributed by atoms with van der Waals surface area (Å²) in [6, 6.07) is 4.84. The van der Waals surface area contributed by atoms with Gasteiger partial charge in [-0.1, -0.05) is 30.1 Å². The molecule has 1 aromatic heterocycles. The molecule has 0 saturated carbocycles. The van der Waals surface area contributed by atoms with E-state index in [0.29, 0.717) is 24.0 Å². The maximum atomic E-state index is 12.7. The first-order valence-electron chi connectivity index (χ1n) is 8.00. The van der Waals surface area contributed by atoms with Crippen molar-refractivity contribution in [2.24, 2.45) is 0 Å². The van der Waals surface area contributed by atoms with Crippen LogP contribution in [0.2, 0.25) is 0 Å². The summed E-state index contributed by atoms with van der Waals surface area (Å²) in [6.45, 7) is 1.89. The first kappa shape index (κ1) is 21.1. The van der Waals surface area contributed by atoms with Crippen LogP contribution in [0.25, 0.3) is 11.4 Å². The van der Waals surface area contributed by atoms with Crippen LogP contribution in [0.1, 0.15) is 37.4 Å². The van der Waals surface area contributed by atoms with Gasteiger partial charge in [-0.2, -0.15) is 28.6 Å². The molecule has 6 nitrogen and oxygen atoms in total. The van der Waals surface area contributed by atoms with Crippen molar-refractivity contribution in [2.75, 3.05) is 13.4 Å². The summed E-state index contributed by atoms with van der Waals surface area (Å²) in [7, 11) is 0.943. The van der Waals surface area contributed by atoms with Crippen molar-refractivity contribution in [3.8, 4) is 11.4 Å². The minimum Gasteiger partial charge on any atom is -0.357 e. The van der Waals surface area contributed by atoms with Crippen LogP contribution in [0.4, 0.5) is 13.2 Å². The molecule has 148 valence electrons. The lowest BCUT2D eigenvalue weighted by Gasteiger charge is -2.21. The molecule has 2 aromatic rings. The smallest absolute Gasteiger partial charge is 0.357 e. The van der Waals surface area contributed by atoms with Crippen molar-refractivity contribution < 1.29 is 27.2 Å². The van der Waals surface area contributed by atoms with Crippen molar-refractivity contribution in [3.63, 3.8) is 0 Å². The summed E-state index contributed by atoms with van der Waals surface area (Å²) < 4.78 is 47.7. The Labute approximate surface area is 157 Å². The first-order chi connectivity index (χ1) is 12.7. The number of ether oxygens (including phenoxy) is 1. The molecule has 0 saturated heterocycles. The molecule has 0 aliphatic carbocycles. The van der Waals surface area contributed by atoms with E-state index < -0.39 is 28.8 Å². The van der Waals surface area contributed by atoms with E-state index in [1.807, 2.05) is 13.2 Å². The molecule has 10 heteroatoms. The monoisotopic (exact) mass is 403 g/mol. The van der Waals surface area contributed by atoms with Crippen molar-refractivity contribution in [3.05, 3.63) is 29.7 Å². The van der Waals surface area contributed by atoms with Crippen LogP contribution in [0.15, 0.2) is 27.6 Å². The highest BCUT2D eigenvalue weighted by atomic mass is 32.2. The van der Waals surface area contributed by atoms with Gasteiger partial charge in [-0.05, 0) is 18.7 Å². The van der Waals surface area contributed by atoms with Gasteiger partial charge in [0.05, 0.1) is 0 Å². The molecule has 0 fully saturated rings. The Hall–Kier alpha value is -2.20. The molecular weight excluding hydrogens is 383 g/mol. The summed E-state index contributed by atoms with van der Waals surface area (Å²) in [5.41, 5.74) is 1.02. The second-order valence-electron chi connectivity index (χ2n) is 5.74. The zero-order valence-electron chi connectivity index (χ0n) is 15.1. The summed E-state index contributed by atoms with van der Waals surface area (Å²) in [4.78, 5) is 16.0. The molecule has 27 heavy (non-hydrogen) atoms. The Bertz CT molecular complexity index is 836. The highest BCUT2D eigenvalue weighted by Gasteiger charge is 2.38. The number of alkyl halides is 3. The first-order valence-corrected chi connectivity index (χ1v) is 9.80. The maximum Gasteiger partial charge on any atom is 0.471 e. The number of rotatable bonds is 7. The Morgan fingerprint density at radius 2 is 2.15 bits per heavy atom. The van der Waals surface area contributed by atoms with E-state index in [0.717, 1.165) is 4.90 Å². The Morgan fingerprint density at radius 1 is 1.44 bits per heavy atom. The fourth-order valence-electron chi connectivity index (χ4n) is 2.36. The predicted octanol–water partition coefficient (Wildman–Crippen LogP) is 4.01. The number of benzene rings is 1. The van der Waals surface area contributed by atoms with Gasteiger partial charge in [0.2, 0.25) is 11.7 Å². The molecule has 1 heterocycles. The van der Waals surface area contributed by atoms with Crippen molar-refractivity contribution in [2.45, 2.75) is 37.1 Å². The van der Waals surface area contributed by atoms with Crippen LogP contribution >= 0.6 is 10.5 Å². The average molecular weight is 403 g/mol. The van der Waals surface area contributed by atoms with E-state index in [4.69, 9.17) is 4.74 Å². The van der Waals surface area contributed by atoms with E-state index >= 15 is 0 Å². The molecule has 0 spiro atoms. The number of methoxy groups -OCH3 is 1. The third-order valence-corrected chi connectivity index (χ3v) is 4.71. The summed E-state index contributed by atoms with van der Waals surface area (Å²) in [6.07, 6.45) is -2.50. The van der Waals surface area contributed by atoms with Gasteiger partial charge in [0.1, 0.15) is 0 Å². The van der Waals surface area contributed by atoms with Crippen LogP contribution in [-0.4, -0.2) is 35.3 Å². The van der Waals surface area contributed by atoms with E-state index in [2.05, 4.69) is 25.9 Å². The van der Waals surface area contributed by atoms with Gasteiger partial charge in [-0.3, -0.25) is 4.79 Å². The van der Waals surface area contributed by atoms with E-state index in [-0.39, 0.29) is 11.7 Å². The molecule has 2 atom stereocenters. The predicted molar refractivity (Wildman–Crippen MR) is 96.4 cm³/mol. The zero-order valence-corrected chi connectivity index (χ0v) is 15.9. The molecule has 1 N–H and O–H groups in total. The lowest BCUT2D eigenvalue weighted by Crippen LogP contribution is -2.29. The molecule has 2 rings (SSSR count). The largest absolute Gasteiger partial charge is 0.471 e. The van der Waals surface area contributed by atoms with Gasteiger partial charge in [-0.15, -0.1) is 0 Å². The van der Waals surface area contributed by atoms with Crippen LogP contribution in [0, 0.1) is 0 Å². The van der Waals surface area contributed by atoms with E-state index in [9.17, 15) is 18.0 Å². The van der Waals surface area contributed by atoms with Gasteiger partial charge in [-0.25, -0.2) is 0 Å². The number of nitrogens with one attached hydrogen (secondary N) is 1. The fourth-order valence-corrected chi connectivity index (χ4v) is 3.26. The Morgan fingerprint density at radius 3 is 2.67 bits per heavy atom. The SMILES string of the molecule is C=S(C)c1cc(-c2noc(C(F)(F)F)n2)ccc1C(NC(=O)CCC)OC. The lowest BCUT2D eigenvalue weighted by molar-refractivity contribution is -0.159. The van der Waals surface area contributed by atoms with Gasteiger partial charge in [0.15, 0.2) is 6.23 Å². The fraction of sp³-hybridized carbons (Fsp3) is 0.412. The number of carbonyl (C=O) groups is 1. The second kappa shape index (κ2) is 8.66. The topological polar surface area (TPSA) is 77.3 Å². The normalized spacial score (nSPS) is 14.0. The van der Waals surface area contributed by atoms with Gasteiger partial charge >= 0.3 is 12.1 Å². The quantitative estimate of drug-likeness (QED) is 0.558. The number of nitrogens with zero attached hydrogens (tertiary/aromatic N) is 2. The van der Waals surface area contributed by atoms with Gasteiger partial charge in [0.25, 0.3) is 0 Å². The lowest BCUT2D eigenvalue weighted by atomic mass is 10.1. The Kier molecular flexibility index (Phi) is 6.77. The van der Waals surface area contributed by atoms with Crippen LogP contribution in [-0.2, 0) is 15.7 Å². The molecule has 2 unspecified atom stereocenters. The van der Waals surface area contributed by atoms with Crippen molar-refractivity contribution in [1.29, 1.82) is 0 Å². The third-order valence-electron chi connectivity index (χ3n) is 3.60. The highest BCUT2D eigenvalue weighted by molar-refractivity contribution is 8.13. The number of aromatic nitrogens is 2. The zero-order chi connectivity index (χ0) is 20.2. The van der Waals surface area contributed by atoms with Crippen molar-refractivity contribution >= 4 is 22.3 Å². The number of hydrogen-bond acceptors (Lipinski definition) is 5. The second-order valence-corrected chi connectivity index (χ2v) is 7.46. The molecule has 0 radical (unpaired) electrons. The summed E-state index contributed by atoms with van der Waals surface area (Å²) in [5, 5.41) is 6.18. The number of amides is 1. The van der Waals surface area contributed by atoms with Crippen molar-refractivity contribution in [1.82, 2.24) is 15.5 Å². The van der Waals surface area contributed by atoms with Crippen LogP contribution in [0.3, 0.4) is 0 Å². The van der Waals surface area contributed by atoms with Crippen LogP contribution < -0.4 is 5.32 Å². The minimum atomic E-state index is -4.71. The maximum absolute atomic E-state index is 12.7. The average Bonchev–Trinajstić information content (AvgIpc) is 3.10. The van der Waals surface area contributed by atoms with Gasteiger partial charge in [0, 0.05) is 29.6 Å². The highest BCUT2D eigenvalue weighted by Crippen LogP contribution is 2.35. The molecule has 0 aliphatic rings. The van der Waals surface area contributed by atoms with E-state index in [1.54, 1.807) is 18.2 Å². The number of hydrogen-bond donors (Lipinski definition) is 1.